The Balaban J connectivity index is 0.00000441. The maximum absolute atomic E-state index is 12.0. The zero-order valence-electron chi connectivity index (χ0n) is 13.2. The van der Waals surface area contributed by atoms with E-state index >= 15 is 0 Å². The van der Waals surface area contributed by atoms with Crippen LogP contribution in [0.5, 0.6) is 0 Å². The number of hydrogen-bond acceptors (Lipinski definition) is 2. The maximum atomic E-state index is 12.0. The summed E-state index contributed by atoms with van der Waals surface area (Å²) in [6.07, 6.45) is 0.349. The molecule has 0 saturated heterocycles. The number of benzene rings is 1. The number of carbonyl (C=O) groups is 1. The van der Waals surface area contributed by atoms with Crippen LogP contribution in [0.1, 0.15) is 25.8 Å². The van der Waals surface area contributed by atoms with E-state index in [-0.39, 0.29) is 35.9 Å². The van der Waals surface area contributed by atoms with Crippen molar-refractivity contribution in [3.05, 3.63) is 34.3 Å². The second-order valence-electron chi connectivity index (χ2n) is 5.16. The van der Waals surface area contributed by atoms with E-state index in [4.69, 9.17) is 5.73 Å². The molecule has 3 N–H and O–H groups in total. The van der Waals surface area contributed by atoms with Crippen LogP contribution in [0.25, 0.3) is 0 Å². The summed E-state index contributed by atoms with van der Waals surface area (Å²) in [5, 5.41) is 2.99. The molecule has 0 unspecified atom stereocenters. The normalized spacial score (nSPS) is 11.0. The standard InChI is InChI=1S/C15H23BrN4O.HI/c1-11(2)19-15(17)18-9-8-14(21)20(3)10-12-6-4-5-7-13(12)16;/h4-7,11H,8-10H2,1-3H3,(H3,17,18,19);1H. The van der Waals surface area contributed by atoms with Gasteiger partial charge in [-0.15, -0.1) is 24.0 Å². The Morgan fingerprint density at radius 1 is 1.41 bits per heavy atom. The van der Waals surface area contributed by atoms with Crippen molar-refractivity contribution >= 4 is 51.8 Å². The number of halogens is 2. The van der Waals surface area contributed by atoms with Gasteiger partial charge in [0.2, 0.25) is 5.91 Å². The lowest BCUT2D eigenvalue weighted by molar-refractivity contribution is -0.130. The lowest BCUT2D eigenvalue weighted by Crippen LogP contribution is -2.37. The summed E-state index contributed by atoms with van der Waals surface area (Å²) in [6.45, 7) is 4.94. The molecule has 1 amide bonds. The van der Waals surface area contributed by atoms with Gasteiger partial charge in [0.1, 0.15) is 0 Å². The summed E-state index contributed by atoms with van der Waals surface area (Å²) in [5.74, 6) is 0.429. The highest BCUT2D eigenvalue weighted by molar-refractivity contribution is 14.0. The first-order valence-corrected chi connectivity index (χ1v) is 7.73. The monoisotopic (exact) mass is 482 g/mol. The van der Waals surface area contributed by atoms with Gasteiger partial charge in [0, 0.05) is 30.5 Å². The predicted molar refractivity (Wildman–Crippen MR) is 105 cm³/mol. The van der Waals surface area contributed by atoms with E-state index in [9.17, 15) is 4.79 Å². The van der Waals surface area contributed by atoms with Crippen LogP contribution in [0.4, 0.5) is 0 Å². The molecular weight excluding hydrogens is 459 g/mol. The van der Waals surface area contributed by atoms with E-state index in [1.54, 1.807) is 11.9 Å². The lowest BCUT2D eigenvalue weighted by atomic mass is 10.2. The fourth-order valence-corrected chi connectivity index (χ4v) is 2.18. The van der Waals surface area contributed by atoms with Crippen LogP contribution >= 0.6 is 39.9 Å². The maximum Gasteiger partial charge on any atom is 0.224 e. The molecule has 22 heavy (non-hydrogen) atoms. The number of nitrogens with one attached hydrogen (secondary N) is 1. The molecule has 1 aromatic rings. The van der Waals surface area contributed by atoms with E-state index < -0.39 is 0 Å². The Morgan fingerprint density at radius 3 is 2.64 bits per heavy atom. The van der Waals surface area contributed by atoms with Crippen LogP contribution in [0.3, 0.4) is 0 Å². The number of carbonyl (C=O) groups excluding carboxylic acids is 1. The fraction of sp³-hybridized carbons (Fsp3) is 0.467. The molecular formula is C15H24BrIN4O. The Hall–Kier alpha value is -0.830. The number of nitrogens with zero attached hydrogens (tertiary/aromatic N) is 2. The van der Waals surface area contributed by atoms with Gasteiger partial charge in [-0.25, -0.2) is 0 Å². The summed E-state index contributed by atoms with van der Waals surface area (Å²) in [5.41, 5.74) is 6.77. The molecule has 1 rings (SSSR count). The van der Waals surface area contributed by atoms with Gasteiger partial charge in [0.25, 0.3) is 0 Å². The molecule has 0 fully saturated rings. The smallest absolute Gasteiger partial charge is 0.224 e. The van der Waals surface area contributed by atoms with Gasteiger partial charge in [0.05, 0.1) is 6.54 Å². The second kappa shape index (κ2) is 10.8. The van der Waals surface area contributed by atoms with E-state index in [0.29, 0.717) is 25.5 Å². The highest BCUT2D eigenvalue weighted by Crippen LogP contribution is 2.17. The van der Waals surface area contributed by atoms with Crippen LogP contribution in [0, 0.1) is 0 Å². The van der Waals surface area contributed by atoms with Crippen molar-refractivity contribution in [3.8, 4) is 0 Å². The van der Waals surface area contributed by atoms with Gasteiger partial charge >= 0.3 is 0 Å². The molecule has 0 bridgehead atoms. The topological polar surface area (TPSA) is 70.7 Å². The molecule has 5 nitrogen and oxygen atoms in total. The van der Waals surface area contributed by atoms with Crippen LogP contribution in [0.15, 0.2) is 33.7 Å². The van der Waals surface area contributed by atoms with Crippen molar-refractivity contribution in [1.29, 1.82) is 0 Å². The van der Waals surface area contributed by atoms with Crippen molar-refractivity contribution in [2.45, 2.75) is 32.9 Å². The van der Waals surface area contributed by atoms with Crippen LogP contribution in [-0.2, 0) is 11.3 Å². The Labute approximate surface area is 157 Å². The highest BCUT2D eigenvalue weighted by Gasteiger charge is 2.10. The quantitative estimate of drug-likeness (QED) is 0.372. The SMILES string of the molecule is CC(C)NC(N)=NCCC(=O)N(C)Cc1ccccc1Br.I. The van der Waals surface area contributed by atoms with Crippen molar-refractivity contribution < 1.29 is 4.79 Å². The molecule has 7 heteroatoms. The highest BCUT2D eigenvalue weighted by atomic mass is 127. The Kier molecular flexibility index (Phi) is 10.4. The third-order valence-corrected chi connectivity index (χ3v) is 3.61. The molecule has 0 aliphatic carbocycles. The minimum Gasteiger partial charge on any atom is -0.370 e. The van der Waals surface area contributed by atoms with E-state index in [1.807, 2.05) is 38.1 Å². The van der Waals surface area contributed by atoms with Gasteiger partial charge in [-0.2, -0.15) is 0 Å². The minimum absolute atomic E-state index is 0. The van der Waals surface area contributed by atoms with Gasteiger partial charge in [-0.1, -0.05) is 34.1 Å². The second-order valence-corrected chi connectivity index (χ2v) is 6.01. The number of rotatable bonds is 6. The van der Waals surface area contributed by atoms with Gasteiger partial charge in [-0.05, 0) is 25.5 Å². The Morgan fingerprint density at radius 2 is 2.05 bits per heavy atom. The lowest BCUT2D eigenvalue weighted by Gasteiger charge is -2.17. The average molecular weight is 483 g/mol. The first-order valence-electron chi connectivity index (χ1n) is 6.94. The van der Waals surface area contributed by atoms with E-state index in [2.05, 4.69) is 26.2 Å². The largest absolute Gasteiger partial charge is 0.370 e. The van der Waals surface area contributed by atoms with Crippen LogP contribution in [0.2, 0.25) is 0 Å². The summed E-state index contributed by atoms with van der Waals surface area (Å²) < 4.78 is 1.01. The van der Waals surface area contributed by atoms with Gasteiger partial charge in [0.15, 0.2) is 5.96 Å². The summed E-state index contributed by atoms with van der Waals surface area (Å²) in [4.78, 5) is 17.9. The number of guanidine groups is 1. The molecule has 0 spiro atoms. The summed E-state index contributed by atoms with van der Waals surface area (Å²) in [6, 6.07) is 8.12. The van der Waals surface area contributed by atoms with Crippen molar-refractivity contribution in [1.82, 2.24) is 10.2 Å². The molecule has 1 aromatic carbocycles. The molecule has 0 aromatic heterocycles. The molecule has 124 valence electrons. The zero-order valence-corrected chi connectivity index (χ0v) is 17.1. The summed E-state index contributed by atoms with van der Waals surface area (Å²) >= 11 is 3.48. The number of nitrogens with two attached hydrogens (primary N) is 1. The van der Waals surface area contributed by atoms with E-state index in [0.717, 1.165) is 10.0 Å². The fourth-order valence-electron chi connectivity index (χ4n) is 1.77. The van der Waals surface area contributed by atoms with Crippen molar-refractivity contribution in [2.75, 3.05) is 13.6 Å². The summed E-state index contributed by atoms with van der Waals surface area (Å²) in [7, 11) is 1.79. The third-order valence-electron chi connectivity index (χ3n) is 2.84. The third kappa shape index (κ3) is 7.98. The molecule has 0 radical (unpaired) electrons. The molecule has 0 saturated carbocycles. The molecule has 0 aliphatic rings. The average Bonchev–Trinajstić information content (AvgIpc) is 2.40. The molecule has 0 atom stereocenters. The predicted octanol–water partition coefficient (Wildman–Crippen LogP) is 2.73. The number of aliphatic imine (C=N–C) groups is 1. The van der Waals surface area contributed by atoms with Crippen molar-refractivity contribution in [2.24, 2.45) is 10.7 Å². The first-order chi connectivity index (χ1) is 9.90. The number of amides is 1. The zero-order chi connectivity index (χ0) is 15.8. The minimum atomic E-state index is 0. The van der Waals surface area contributed by atoms with Gasteiger partial charge < -0.3 is 16.0 Å². The van der Waals surface area contributed by atoms with Crippen LogP contribution < -0.4 is 11.1 Å². The number of hydrogen-bond donors (Lipinski definition) is 2. The molecule has 0 heterocycles. The van der Waals surface area contributed by atoms with Crippen LogP contribution in [-0.4, -0.2) is 36.4 Å². The molecule has 0 aliphatic heterocycles. The Bertz CT molecular complexity index is 508. The van der Waals surface area contributed by atoms with Gasteiger partial charge in [-0.3, -0.25) is 9.79 Å². The first kappa shape index (κ1) is 21.2. The van der Waals surface area contributed by atoms with Crippen molar-refractivity contribution in [3.63, 3.8) is 0 Å². The van der Waals surface area contributed by atoms with E-state index in [1.165, 1.54) is 0 Å².